The third-order valence-corrected chi connectivity index (χ3v) is 1.61. The van der Waals surface area contributed by atoms with E-state index in [4.69, 9.17) is 15.3 Å². The molecule has 3 unspecified atom stereocenters. The van der Waals surface area contributed by atoms with Gasteiger partial charge in [-0.2, -0.15) is 0 Å². The van der Waals surface area contributed by atoms with Gasteiger partial charge in [0.25, 0.3) is 0 Å². The van der Waals surface area contributed by atoms with Crippen molar-refractivity contribution in [2.24, 2.45) is 0 Å². The van der Waals surface area contributed by atoms with Crippen LogP contribution < -0.4 is 0 Å². The van der Waals surface area contributed by atoms with Crippen LogP contribution in [0.15, 0.2) is 11.3 Å². The monoisotopic (exact) mass is 190 g/mol. The molecule has 5 nitrogen and oxygen atoms in total. The van der Waals surface area contributed by atoms with E-state index in [9.17, 15) is 9.90 Å². The molecule has 0 saturated carbocycles. The predicted octanol–water partition coefficient (Wildman–Crippen LogP) is -0.880. The van der Waals surface area contributed by atoms with Crippen LogP contribution in [0, 0.1) is 0 Å². The first-order valence-corrected chi connectivity index (χ1v) is 3.77. The third-order valence-electron chi connectivity index (χ3n) is 1.61. The molecule has 3 atom stereocenters. The zero-order valence-corrected chi connectivity index (χ0v) is 7.51. The maximum atomic E-state index is 10.0. The van der Waals surface area contributed by atoms with Crippen molar-refractivity contribution in [1.29, 1.82) is 0 Å². The molecule has 0 aliphatic rings. The Morgan fingerprint density at radius 1 is 1.23 bits per heavy atom. The molecule has 0 heterocycles. The zero-order valence-electron chi connectivity index (χ0n) is 7.51. The van der Waals surface area contributed by atoms with Gasteiger partial charge in [-0.1, -0.05) is 0 Å². The van der Waals surface area contributed by atoms with Crippen molar-refractivity contribution in [1.82, 2.24) is 0 Å². The highest BCUT2D eigenvalue weighted by Gasteiger charge is 2.27. The molecule has 0 aliphatic heterocycles. The van der Waals surface area contributed by atoms with Gasteiger partial charge in [0.05, 0.1) is 0 Å². The molecule has 4 N–H and O–H groups in total. The Balaban J connectivity index is 4.51. The van der Waals surface area contributed by atoms with E-state index < -0.39 is 24.1 Å². The van der Waals surface area contributed by atoms with Gasteiger partial charge in [-0.05, 0) is 19.4 Å². The molecule has 0 aromatic carbocycles. The van der Waals surface area contributed by atoms with Crippen LogP contribution in [0.5, 0.6) is 0 Å². The standard InChI is InChI=1S/C8H14O5/c1-4(2)6(11)8(13)7(12)5(10)3-9/h3,5,7-8,10-13H,1-2H3. The largest absolute Gasteiger partial charge is 0.510 e. The second-order valence-electron chi connectivity index (χ2n) is 2.95. The average molecular weight is 190 g/mol. The smallest absolute Gasteiger partial charge is 0.151 e. The fourth-order valence-corrected chi connectivity index (χ4v) is 0.725. The number of aliphatic hydroxyl groups is 4. The Bertz CT molecular complexity index is 207. The highest BCUT2D eigenvalue weighted by Crippen LogP contribution is 2.10. The Hall–Kier alpha value is -0.910. The third kappa shape index (κ3) is 3.14. The summed E-state index contributed by atoms with van der Waals surface area (Å²) in [7, 11) is 0. The van der Waals surface area contributed by atoms with Crippen molar-refractivity contribution < 1.29 is 25.2 Å². The fraction of sp³-hybridized carbons (Fsp3) is 0.625. The van der Waals surface area contributed by atoms with E-state index in [0.29, 0.717) is 5.57 Å². The van der Waals surface area contributed by atoms with E-state index >= 15 is 0 Å². The van der Waals surface area contributed by atoms with Crippen LogP contribution in [0.1, 0.15) is 13.8 Å². The summed E-state index contributed by atoms with van der Waals surface area (Å²) in [6.45, 7) is 3.05. The minimum absolute atomic E-state index is 0.0894. The first-order chi connectivity index (χ1) is 5.91. The number of aldehydes is 1. The number of aliphatic hydroxyl groups excluding tert-OH is 4. The van der Waals surface area contributed by atoms with Crippen LogP contribution in [0.25, 0.3) is 0 Å². The summed E-state index contributed by atoms with van der Waals surface area (Å²) in [6.07, 6.45) is -4.94. The highest BCUT2D eigenvalue weighted by atomic mass is 16.4. The van der Waals surface area contributed by atoms with Crippen LogP contribution >= 0.6 is 0 Å². The number of hydrogen-bond acceptors (Lipinski definition) is 5. The quantitative estimate of drug-likeness (QED) is 0.341. The average Bonchev–Trinajstić information content (AvgIpc) is 2.12. The summed E-state index contributed by atoms with van der Waals surface area (Å²) in [5.41, 5.74) is 0.407. The molecule has 5 heteroatoms. The molecule has 0 saturated heterocycles. The Labute approximate surface area is 75.9 Å². The van der Waals surface area contributed by atoms with Crippen LogP contribution in [-0.4, -0.2) is 45.0 Å². The molecule has 0 aromatic heterocycles. The lowest BCUT2D eigenvalue weighted by Gasteiger charge is -2.19. The van der Waals surface area contributed by atoms with Gasteiger partial charge in [-0.25, -0.2) is 0 Å². The van der Waals surface area contributed by atoms with Crippen LogP contribution in [-0.2, 0) is 4.79 Å². The Kier molecular flexibility index (Phi) is 4.61. The van der Waals surface area contributed by atoms with Crippen LogP contribution in [0.4, 0.5) is 0 Å². The number of carbonyl (C=O) groups excluding carboxylic acids is 1. The lowest BCUT2D eigenvalue weighted by atomic mass is 10.1. The SMILES string of the molecule is CC(C)=C(O)C(O)C(O)C(O)C=O. The van der Waals surface area contributed by atoms with Gasteiger partial charge < -0.3 is 25.2 Å². The van der Waals surface area contributed by atoms with Crippen molar-refractivity contribution >= 4 is 6.29 Å². The van der Waals surface area contributed by atoms with Gasteiger partial charge in [-0.15, -0.1) is 0 Å². The first-order valence-electron chi connectivity index (χ1n) is 3.77. The highest BCUT2D eigenvalue weighted by molar-refractivity contribution is 5.56. The lowest BCUT2D eigenvalue weighted by Crippen LogP contribution is -2.39. The molecule has 0 aliphatic carbocycles. The molecule has 76 valence electrons. The molecule has 0 spiro atoms. The van der Waals surface area contributed by atoms with Crippen molar-refractivity contribution in [3.63, 3.8) is 0 Å². The number of rotatable bonds is 4. The van der Waals surface area contributed by atoms with Gasteiger partial charge in [0, 0.05) is 0 Å². The predicted molar refractivity (Wildman–Crippen MR) is 45.1 cm³/mol. The normalized spacial score (nSPS) is 17.3. The molecular weight excluding hydrogens is 176 g/mol. The summed E-state index contributed by atoms with van der Waals surface area (Å²) < 4.78 is 0. The van der Waals surface area contributed by atoms with Gasteiger partial charge in [0.1, 0.15) is 24.1 Å². The lowest BCUT2D eigenvalue weighted by molar-refractivity contribution is -0.125. The second-order valence-corrected chi connectivity index (χ2v) is 2.95. The van der Waals surface area contributed by atoms with E-state index in [1.807, 2.05) is 0 Å². The van der Waals surface area contributed by atoms with E-state index in [1.165, 1.54) is 13.8 Å². The number of allylic oxidation sites excluding steroid dienone is 1. The summed E-state index contributed by atoms with van der Waals surface area (Å²) in [5, 5.41) is 36.2. The van der Waals surface area contributed by atoms with Crippen LogP contribution in [0.3, 0.4) is 0 Å². The van der Waals surface area contributed by atoms with E-state index in [-0.39, 0.29) is 6.29 Å². The summed E-state index contributed by atoms with van der Waals surface area (Å²) in [5.74, 6) is -0.437. The minimum atomic E-state index is -1.70. The zero-order chi connectivity index (χ0) is 10.6. The van der Waals surface area contributed by atoms with Gasteiger partial charge in [0.2, 0.25) is 0 Å². The van der Waals surface area contributed by atoms with Crippen molar-refractivity contribution in [2.45, 2.75) is 32.2 Å². The van der Waals surface area contributed by atoms with Gasteiger partial charge in [-0.3, -0.25) is 0 Å². The molecule has 0 fully saturated rings. The second kappa shape index (κ2) is 4.96. The van der Waals surface area contributed by atoms with E-state index in [2.05, 4.69) is 0 Å². The first kappa shape index (κ1) is 12.1. The number of hydrogen-bond donors (Lipinski definition) is 4. The van der Waals surface area contributed by atoms with Crippen molar-refractivity contribution in [3.8, 4) is 0 Å². The maximum absolute atomic E-state index is 10.0. The molecule has 0 radical (unpaired) electrons. The molecule has 0 amide bonds. The molecule has 0 aromatic rings. The topological polar surface area (TPSA) is 98.0 Å². The van der Waals surface area contributed by atoms with E-state index in [0.717, 1.165) is 0 Å². The summed E-state index contributed by atoms with van der Waals surface area (Å²) >= 11 is 0. The van der Waals surface area contributed by atoms with Crippen molar-refractivity contribution in [2.75, 3.05) is 0 Å². The van der Waals surface area contributed by atoms with Crippen molar-refractivity contribution in [3.05, 3.63) is 11.3 Å². The maximum Gasteiger partial charge on any atom is 0.151 e. The molecule has 13 heavy (non-hydrogen) atoms. The van der Waals surface area contributed by atoms with Gasteiger partial charge >= 0.3 is 0 Å². The summed E-state index contributed by atoms with van der Waals surface area (Å²) in [4.78, 5) is 10.0. The Morgan fingerprint density at radius 2 is 1.69 bits per heavy atom. The molecule has 0 rings (SSSR count). The molecular formula is C8H14O5. The fourth-order valence-electron chi connectivity index (χ4n) is 0.725. The number of carbonyl (C=O) groups is 1. The molecule has 0 bridgehead atoms. The minimum Gasteiger partial charge on any atom is -0.510 e. The Morgan fingerprint density at radius 3 is 2.00 bits per heavy atom. The van der Waals surface area contributed by atoms with Gasteiger partial charge in [0.15, 0.2) is 6.29 Å². The van der Waals surface area contributed by atoms with E-state index in [1.54, 1.807) is 0 Å². The van der Waals surface area contributed by atoms with Crippen LogP contribution in [0.2, 0.25) is 0 Å². The summed E-state index contributed by atoms with van der Waals surface area (Å²) in [6, 6.07) is 0.